The van der Waals surface area contributed by atoms with Crippen LogP contribution in [0.3, 0.4) is 0 Å². The summed E-state index contributed by atoms with van der Waals surface area (Å²) < 4.78 is 18.7. The first-order valence-electron chi connectivity index (χ1n) is 10.6. The number of fused-ring (bicyclic) bond motifs is 1. The van der Waals surface area contributed by atoms with Gasteiger partial charge in [-0.2, -0.15) is 0 Å². The van der Waals surface area contributed by atoms with E-state index in [1.165, 1.54) is 12.1 Å². The van der Waals surface area contributed by atoms with Gasteiger partial charge in [0.2, 0.25) is 5.91 Å². The second-order valence-electron chi connectivity index (χ2n) is 9.70. The lowest BCUT2D eigenvalue weighted by Gasteiger charge is -2.25. The zero-order chi connectivity index (χ0) is 21.2. The molecule has 1 saturated carbocycles. The van der Waals surface area contributed by atoms with Gasteiger partial charge in [0.05, 0.1) is 0 Å². The summed E-state index contributed by atoms with van der Waals surface area (Å²) in [6.45, 7) is 9.05. The Labute approximate surface area is 173 Å². The van der Waals surface area contributed by atoms with Gasteiger partial charge in [0.15, 0.2) is 0 Å². The van der Waals surface area contributed by atoms with Crippen molar-refractivity contribution in [2.75, 3.05) is 13.1 Å². The number of amides is 2. The van der Waals surface area contributed by atoms with Crippen LogP contribution in [0.2, 0.25) is 0 Å². The number of alkyl carbamates (subject to hydrolysis) is 1. The second-order valence-corrected chi connectivity index (χ2v) is 9.70. The van der Waals surface area contributed by atoms with Crippen molar-refractivity contribution in [2.45, 2.75) is 65.0 Å². The minimum atomic E-state index is -0.516. The molecule has 0 unspecified atom stereocenters. The quantitative estimate of drug-likeness (QED) is 0.802. The van der Waals surface area contributed by atoms with Gasteiger partial charge in [0.25, 0.3) is 0 Å². The van der Waals surface area contributed by atoms with E-state index in [0.29, 0.717) is 31.2 Å². The summed E-state index contributed by atoms with van der Waals surface area (Å²) in [5.41, 5.74) is 0.405. The summed E-state index contributed by atoms with van der Waals surface area (Å²) in [6, 6.07) is 6.64. The molecule has 1 N–H and O–H groups in total. The van der Waals surface area contributed by atoms with E-state index in [0.717, 1.165) is 24.9 Å². The Bertz CT molecular complexity index is 746. The number of nitrogens with one attached hydrogen (secondary N) is 1. The molecule has 29 heavy (non-hydrogen) atoms. The molecule has 0 bridgehead atoms. The van der Waals surface area contributed by atoms with E-state index in [1.807, 2.05) is 38.7 Å². The van der Waals surface area contributed by atoms with Crippen LogP contribution in [-0.2, 0) is 16.0 Å². The van der Waals surface area contributed by atoms with Gasteiger partial charge in [-0.25, -0.2) is 9.18 Å². The van der Waals surface area contributed by atoms with E-state index in [1.54, 1.807) is 6.07 Å². The Balaban J connectivity index is 1.49. The molecule has 1 aliphatic heterocycles. The normalized spacial score (nSPS) is 24.9. The maximum Gasteiger partial charge on any atom is 0.407 e. The highest BCUT2D eigenvalue weighted by atomic mass is 19.1. The molecule has 0 aromatic heterocycles. The second kappa shape index (κ2) is 8.72. The average molecular weight is 405 g/mol. The minimum Gasteiger partial charge on any atom is -0.444 e. The zero-order valence-corrected chi connectivity index (χ0v) is 17.9. The lowest BCUT2D eigenvalue weighted by Crippen LogP contribution is -2.42. The standard InChI is InChI=1S/C23H33FN2O3/c1-15(10-16-6-5-7-18(24)12-16)11-21(27)26-13-17-8-9-20(19(17)14-26)25-22(28)29-23(2,3)4/h5-7,12,15,17,19-20H,8-11,13-14H2,1-4H3,(H,25,28)/t15-,17-,19-,20-/m0/s1. The van der Waals surface area contributed by atoms with E-state index in [9.17, 15) is 14.0 Å². The predicted molar refractivity (Wildman–Crippen MR) is 110 cm³/mol. The number of likely N-dealkylation sites (tertiary alicyclic amines) is 1. The molecule has 1 heterocycles. The van der Waals surface area contributed by atoms with Crippen LogP contribution in [0.5, 0.6) is 0 Å². The molecular formula is C23H33FN2O3. The number of hydrogen-bond acceptors (Lipinski definition) is 3. The van der Waals surface area contributed by atoms with Crippen LogP contribution < -0.4 is 5.32 Å². The van der Waals surface area contributed by atoms with Crippen molar-refractivity contribution < 1.29 is 18.7 Å². The third-order valence-corrected chi connectivity index (χ3v) is 5.91. The number of carbonyl (C=O) groups excluding carboxylic acids is 2. The van der Waals surface area contributed by atoms with E-state index in [2.05, 4.69) is 5.32 Å². The Kier molecular flexibility index (Phi) is 6.49. The van der Waals surface area contributed by atoms with Gasteiger partial charge in [-0.3, -0.25) is 4.79 Å². The molecule has 1 aromatic carbocycles. The third kappa shape index (κ3) is 5.94. The van der Waals surface area contributed by atoms with Gasteiger partial charge >= 0.3 is 6.09 Å². The molecule has 6 heteroatoms. The number of benzene rings is 1. The third-order valence-electron chi connectivity index (χ3n) is 5.91. The summed E-state index contributed by atoms with van der Waals surface area (Å²) >= 11 is 0. The smallest absolute Gasteiger partial charge is 0.407 e. The molecule has 0 radical (unpaired) electrons. The van der Waals surface area contributed by atoms with Crippen LogP contribution >= 0.6 is 0 Å². The molecule has 4 atom stereocenters. The molecule has 0 spiro atoms. The number of halogens is 1. The Hall–Kier alpha value is -2.11. The summed E-state index contributed by atoms with van der Waals surface area (Å²) in [6.07, 6.45) is 2.73. The average Bonchev–Trinajstić information content (AvgIpc) is 3.15. The number of nitrogens with zero attached hydrogens (tertiary/aromatic N) is 1. The van der Waals surface area contributed by atoms with Gasteiger partial charge in [-0.1, -0.05) is 19.1 Å². The van der Waals surface area contributed by atoms with Crippen LogP contribution in [0.4, 0.5) is 9.18 Å². The molecule has 5 nitrogen and oxygen atoms in total. The van der Waals surface area contributed by atoms with Crippen molar-refractivity contribution in [1.82, 2.24) is 10.2 Å². The van der Waals surface area contributed by atoms with E-state index < -0.39 is 5.60 Å². The summed E-state index contributed by atoms with van der Waals surface area (Å²) in [7, 11) is 0. The molecule has 2 amide bonds. The first kappa shape index (κ1) is 21.6. The fourth-order valence-electron chi connectivity index (χ4n) is 4.67. The van der Waals surface area contributed by atoms with Crippen molar-refractivity contribution >= 4 is 12.0 Å². The van der Waals surface area contributed by atoms with Crippen molar-refractivity contribution in [1.29, 1.82) is 0 Å². The molecule has 1 saturated heterocycles. The fraction of sp³-hybridized carbons (Fsp3) is 0.652. The van der Waals surface area contributed by atoms with Crippen LogP contribution in [0.25, 0.3) is 0 Å². The highest BCUT2D eigenvalue weighted by molar-refractivity contribution is 5.77. The van der Waals surface area contributed by atoms with Gasteiger partial charge in [-0.05, 0) is 69.6 Å². The monoisotopic (exact) mass is 404 g/mol. The Morgan fingerprint density at radius 1 is 1.28 bits per heavy atom. The molecule has 1 aromatic rings. The van der Waals surface area contributed by atoms with Crippen LogP contribution in [-0.4, -0.2) is 41.6 Å². The molecule has 1 aliphatic carbocycles. The van der Waals surface area contributed by atoms with Crippen molar-refractivity contribution in [3.8, 4) is 0 Å². The van der Waals surface area contributed by atoms with Gasteiger partial charge in [-0.15, -0.1) is 0 Å². The summed E-state index contributed by atoms with van der Waals surface area (Å²) in [5.74, 6) is 0.805. The van der Waals surface area contributed by atoms with Crippen molar-refractivity contribution in [3.63, 3.8) is 0 Å². The summed E-state index contributed by atoms with van der Waals surface area (Å²) in [5, 5.41) is 3.01. The number of carbonyl (C=O) groups is 2. The number of rotatable bonds is 5. The zero-order valence-electron chi connectivity index (χ0n) is 17.9. The molecule has 2 aliphatic rings. The van der Waals surface area contributed by atoms with Crippen molar-refractivity contribution in [3.05, 3.63) is 35.6 Å². The highest BCUT2D eigenvalue weighted by Crippen LogP contribution is 2.38. The number of hydrogen-bond donors (Lipinski definition) is 1. The van der Waals surface area contributed by atoms with E-state index in [-0.39, 0.29) is 29.8 Å². The SMILES string of the molecule is C[C@H](CC(=O)N1C[C@@H]2CC[C@H](NC(=O)OC(C)(C)C)[C@H]2C1)Cc1cccc(F)c1. The Morgan fingerprint density at radius 2 is 2.03 bits per heavy atom. The van der Waals surface area contributed by atoms with Crippen LogP contribution in [0, 0.1) is 23.6 Å². The maximum atomic E-state index is 13.4. The van der Waals surface area contributed by atoms with Crippen LogP contribution in [0.15, 0.2) is 24.3 Å². The van der Waals surface area contributed by atoms with E-state index in [4.69, 9.17) is 4.74 Å². The van der Waals surface area contributed by atoms with Crippen LogP contribution in [0.1, 0.15) is 52.5 Å². The van der Waals surface area contributed by atoms with Gasteiger partial charge in [0.1, 0.15) is 11.4 Å². The van der Waals surface area contributed by atoms with Gasteiger partial charge in [0, 0.05) is 31.5 Å². The van der Waals surface area contributed by atoms with E-state index >= 15 is 0 Å². The predicted octanol–water partition coefficient (Wildman–Crippen LogP) is 4.16. The molecular weight excluding hydrogens is 371 g/mol. The molecule has 3 rings (SSSR count). The topological polar surface area (TPSA) is 58.6 Å². The largest absolute Gasteiger partial charge is 0.444 e. The first-order valence-corrected chi connectivity index (χ1v) is 10.6. The first-order chi connectivity index (χ1) is 13.6. The lowest BCUT2D eigenvalue weighted by atomic mass is 9.97. The number of ether oxygens (including phenoxy) is 1. The molecule has 160 valence electrons. The molecule has 2 fully saturated rings. The highest BCUT2D eigenvalue weighted by Gasteiger charge is 2.44. The fourth-order valence-corrected chi connectivity index (χ4v) is 4.67. The summed E-state index contributed by atoms with van der Waals surface area (Å²) in [4.78, 5) is 26.9. The lowest BCUT2D eigenvalue weighted by molar-refractivity contribution is -0.131. The minimum absolute atomic E-state index is 0.0670. The maximum absolute atomic E-state index is 13.4. The van der Waals surface area contributed by atoms with Crippen molar-refractivity contribution in [2.24, 2.45) is 17.8 Å². The Morgan fingerprint density at radius 3 is 2.72 bits per heavy atom. The van der Waals surface area contributed by atoms with Gasteiger partial charge < -0.3 is 15.0 Å².